The molecule has 1 aliphatic rings. The number of aryl methyl sites for hydroxylation is 2. The maximum absolute atomic E-state index is 9.35. The fraction of sp³-hybridized carbons (Fsp3) is 0.500. The summed E-state index contributed by atoms with van der Waals surface area (Å²) in [5, 5.41) is 9.35. The number of hydrogen-bond acceptors (Lipinski definition) is 3. The van der Waals surface area contributed by atoms with Crippen molar-refractivity contribution in [1.82, 2.24) is 9.55 Å². The molecule has 104 valence electrons. The molecule has 0 bridgehead atoms. The summed E-state index contributed by atoms with van der Waals surface area (Å²) in [5.41, 5.74) is 3.17. The second-order valence-electron chi connectivity index (χ2n) is 5.99. The summed E-state index contributed by atoms with van der Waals surface area (Å²) in [6, 6.07) is 8.85. The maximum Gasteiger partial charge on any atom is 0.106 e. The summed E-state index contributed by atoms with van der Waals surface area (Å²) in [5.74, 6) is 1.02. The number of rotatable bonds is 3. The van der Waals surface area contributed by atoms with Gasteiger partial charge in [0, 0.05) is 26.3 Å². The lowest BCUT2D eigenvalue weighted by atomic mass is 9.69. The molecule has 1 saturated carbocycles. The van der Waals surface area contributed by atoms with Gasteiger partial charge in [-0.15, -0.1) is 0 Å². The van der Waals surface area contributed by atoms with E-state index in [-0.39, 0.29) is 5.41 Å². The highest BCUT2D eigenvalue weighted by molar-refractivity contribution is 5.80. The van der Waals surface area contributed by atoms with Crippen molar-refractivity contribution in [1.29, 1.82) is 5.26 Å². The van der Waals surface area contributed by atoms with Gasteiger partial charge < -0.3 is 9.47 Å². The fourth-order valence-electron chi connectivity index (χ4n) is 3.00. The summed E-state index contributed by atoms with van der Waals surface area (Å²) in [6.45, 7) is 2.82. The molecule has 20 heavy (non-hydrogen) atoms. The Hall–Kier alpha value is -2.02. The van der Waals surface area contributed by atoms with Crippen LogP contribution in [0.2, 0.25) is 0 Å². The minimum atomic E-state index is -0.135. The van der Waals surface area contributed by atoms with E-state index in [0.717, 1.165) is 41.9 Å². The van der Waals surface area contributed by atoms with Gasteiger partial charge in [-0.25, -0.2) is 4.98 Å². The van der Waals surface area contributed by atoms with Crippen molar-refractivity contribution in [3.63, 3.8) is 0 Å². The molecule has 1 heterocycles. The van der Waals surface area contributed by atoms with Crippen molar-refractivity contribution in [2.75, 3.05) is 18.5 Å². The van der Waals surface area contributed by atoms with Gasteiger partial charge in [0.05, 0.1) is 22.5 Å². The van der Waals surface area contributed by atoms with Crippen LogP contribution in [-0.4, -0.2) is 23.1 Å². The molecule has 0 spiro atoms. The van der Waals surface area contributed by atoms with Crippen molar-refractivity contribution in [3.05, 3.63) is 24.0 Å². The minimum absolute atomic E-state index is 0.135. The van der Waals surface area contributed by atoms with Gasteiger partial charge >= 0.3 is 0 Å². The SMILES string of the molecule is Cc1nc2cc(N(C)CC3(C#N)CCC3)ccc2n1C. The van der Waals surface area contributed by atoms with Crippen molar-refractivity contribution in [3.8, 4) is 6.07 Å². The summed E-state index contributed by atoms with van der Waals surface area (Å²) >= 11 is 0. The lowest BCUT2D eigenvalue weighted by Crippen LogP contribution is -2.39. The Morgan fingerprint density at radius 3 is 2.80 bits per heavy atom. The van der Waals surface area contributed by atoms with E-state index in [0.29, 0.717) is 0 Å². The largest absolute Gasteiger partial charge is 0.373 e. The maximum atomic E-state index is 9.35. The van der Waals surface area contributed by atoms with Crippen LogP contribution in [0, 0.1) is 23.7 Å². The van der Waals surface area contributed by atoms with E-state index < -0.39 is 0 Å². The number of fused-ring (bicyclic) bond motifs is 1. The van der Waals surface area contributed by atoms with E-state index in [1.165, 1.54) is 6.42 Å². The number of aromatic nitrogens is 2. The van der Waals surface area contributed by atoms with Gasteiger partial charge in [-0.2, -0.15) is 5.26 Å². The van der Waals surface area contributed by atoms with Gasteiger partial charge in [-0.3, -0.25) is 0 Å². The Kier molecular flexibility index (Phi) is 2.93. The third-order valence-electron chi connectivity index (χ3n) is 4.62. The van der Waals surface area contributed by atoms with Crippen LogP contribution in [0.1, 0.15) is 25.1 Å². The van der Waals surface area contributed by atoms with E-state index in [9.17, 15) is 5.26 Å². The molecule has 3 rings (SSSR count). The number of nitriles is 1. The molecule has 1 fully saturated rings. The van der Waals surface area contributed by atoms with Gasteiger partial charge in [-0.05, 0) is 38.0 Å². The molecule has 0 N–H and O–H groups in total. The topological polar surface area (TPSA) is 44.9 Å². The number of benzene rings is 1. The van der Waals surface area contributed by atoms with Crippen LogP contribution in [0.4, 0.5) is 5.69 Å². The second-order valence-corrected chi connectivity index (χ2v) is 5.99. The van der Waals surface area contributed by atoms with Gasteiger partial charge in [-0.1, -0.05) is 6.42 Å². The third kappa shape index (κ3) is 1.94. The molecule has 4 heteroatoms. The standard InChI is InChI=1S/C16H20N4/c1-12-18-14-9-13(5-6-15(14)20(12)3)19(2)11-16(10-17)7-4-8-16/h5-6,9H,4,7-8,11H2,1-3H3. The summed E-state index contributed by atoms with van der Waals surface area (Å²) in [7, 11) is 4.10. The summed E-state index contributed by atoms with van der Waals surface area (Å²) < 4.78 is 2.10. The predicted octanol–water partition coefficient (Wildman–Crippen LogP) is 3.01. The molecule has 0 amide bonds. The Labute approximate surface area is 119 Å². The van der Waals surface area contributed by atoms with Crippen LogP contribution in [0.5, 0.6) is 0 Å². The molecule has 0 aliphatic heterocycles. The first-order valence-corrected chi connectivity index (χ1v) is 7.10. The molecular weight excluding hydrogens is 248 g/mol. The number of hydrogen-bond donors (Lipinski definition) is 0. The van der Waals surface area contributed by atoms with Crippen LogP contribution >= 0.6 is 0 Å². The third-order valence-corrected chi connectivity index (χ3v) is 4.62. The summed E-state index contributed by atoms with van der Waals surface area (Å²) in [6.07, 6.45) is 3.23. The average Bonchev–Trinajstić information content (AvgIpc) is 2.69. The van der Waals surface area contributed by atoms with Gasteiger partial charge in [0.15, 0.2) is 0 Å². The Morgan fingerprint density at radius 1 is 1.45 bits per heavy atom. The molecule has 1 aromatic heterocycles. The molecule has 0 atom stereocenters. The first-order valence-electron chi connectivity index (χ1n) is 7.10. The van der Waals surface area contributed by atoms with Gasteiger partial charge in [0.1, 0.15) is 5.82 Å². The van der Waals surface area contributed by atoms with Crippen LogP contribution in [0.25, 0.3) is 11.0 Å². The monoisotopic (exact) mass is 268 g/mol. The first kappa shape index (κ1) is 13.0. The number of anilines is 1. The Balaban J connectivity index is 1.88. The zero-order valence-corrected chi connectivity index (χ0v) is 12.3. The zero-order valence-electron chi connectivity index (χ0n) is 12.3. The lowest BCUT2D eigenvalue weighted by Gasteiger charge is -2.39. The second kappa shape index (κ2) is 4.52. The smallest absolute Gasteiger partial charge is 0.106 e. The zero-order chi connectivity index (χ0) is 14.3. The first-order chi connectivity index (χ1) is 9.54. The highest BCUT2D eigenvalue weighted by atomic mass is 15.1. The molecule has 0 radical (unpaired) electrons. The molecule has 0 unspecified atom stereocenters. The fourth-order valence-corrected chi connectivity index (χ4v) is 3.00. The van der Waals surface area contributed by atoms with Crippen molar-refractivity contribution < 1.29 is 0 Å². The van der Waals surface area contributed by atoms with Crippen LogP contribution in [-0.2, 0) is 7.05 Å². The molecule has 0 saturated heterocycles. The molecule has 1 aliphatic carbocycles. The van der Waals surface area contributed by atoms with E-state index in [2.05, 4.69) is 45.8 Å². The molecule has 2 aromatic rings. The number of imidazole rings is 1. The summed E-state index contributed by atoms with van der Waals surface area (Å²) in [4.78, 5) is 6.76. The van der Waals surface area contributed by atoms with Gasteiger partial charge in [0.2, 0.25) is 0 Å². The molecule has 1 aromatic carbocycles. The predicted molar refractivity (Wildman–Crippen MR) is 80.6 cm³/mol. The number of nitrogens with zero attached hydrogens (tertiary/aromatic N) is 4. The van der Waals surface area contributed by atoms with E-state index in [1.807, 2.05) is 14.0 Å². The molecule has 4 nitrogen and oxygen atoms in total. The van der Waals surface area contributed by atoms with Crippen molar-refractivity contribution in [2.45, 2.75) is 26.2 Å². The Morgan fingerprint density at radius 2 is 2.20 bits per heavy atom. The van der Waals surface area contributed by atoms with E-state index >= 15 is 0 Å². The van der Waals surface area contributed by atoms with Crippen molar-refractivity contribution >= 4 is 16.7 Å². The van der Waals surface area contributed by atoms with Crippen LogP contribution in [0.3, 0.4) is 0 Å². The quantitative estimate of drug-likeness (QED) is 0.859. The average molecular weight is 268 g/mol. The van der Waals surface area contributed by atoms with Crippen LogP contribution < -0.4 is 4.90 Å². The highest BCUT2D eigenvalue weighted by Gasteiger charge is 2.38. The van der Waals surface area contributed by atoms with E-state index in [1.54, 1.807) is 0 Å². The van der Waals surface area contributed by atoms with E-state index in [4.69, 9.17) is 0 Å². The highest BCUT2D eigenvalue weighted by Crippen LogP contribution is 2.41. The Bertz CT molecular complexity index is 688. The van der Waals surface area contributed by atoms with Gasteiger partial charge in [0.25, 0.3) is 0 Å². The molecular formula is C16H20N4. The normalized spacial score (nSPS) is 16.7. The minimum Gasteiger partial charge on any atom is -0.373 e. The van der Waals surface area contributed by atoms with Crippen molar-refractivity contribution in [2.24, 2.45) is 12.5 Å². The van der Waals surface area contributed by atoms with Crippen LogP contribution in [0.15, 0.2) is 18.2 Å². The lowest BCUT2D eigenvalue weighted by molar-refractivity contribution is 0.223.